The molecule has 0 spiro atoms. The molecular formula is C11H16N2O3S. The van der Waals surface area contributed by atoms with Crippen LogP contribution in [0.25, 0.3) is 0 Å². The number of rotatable bonds is 5. The molecule has 0 saturated carbocycles. The predicted molar refractivity (Wildman–Crippen MR) is 65.0 cm³/mol. The van der Waals surface area contributed by atoms with Crippen LogP contribution in [-0.4, -0.2) is 22.0 Å². The maximum absolute atomic E-state index is 11.5. The van der Waals surface area contributed by atoms with Gasteiger partial charge in [-0.3, -0.25) is 9.59 Å². The summed E-state index contributed by atoms with van der Waals surface area (Å²) in [5.74, 6) is -1.22. The summed E-state index contributed by atoms with van der Waals surface area (Å²) in [4.78, 5) is 27.2. The van der Waals surface area contributed by atoms with Gasteiger partial charge in [-0.1, -0.05) is 0 Å². The Balaban J connectivity index is 2.54. The average molecular weight is 256 g/mol. The molecule has 6 heteroatoms. The van der Waals surface area contributed by atoms with Crippen molar-refractivity contribution in [3.8, 4) is 0 Å². The lowest BCUT2D eigenvalue weighted by molar-refractivity contribution is -0.138. The second-order valence-corrected chi connectivity index (χ2v) is 5.26. The van der Waals surface area contributed by atoms with Gasteiger partial charge in [-0.2, -0.15) is 0 Å². The number of aliphatic carboxylic acids is 1. The molecule has 1 aromatic rings. The Morgan fingerprint density at radius 3 is 2.53 bits per heavy atom. The van der Waals surface area contributed by atoms with Crippen LogP contribution in [0.15, 0.2) is 0 Å². The lowest BCUT2D eigenvalue weighted by atomic mass is 10.2. The molecule has 0 aromatic carbocycles. The summed E-state index contributed by atoms with van der Waals surface area (Å²) in [6, 6.07) is -0.179. The Hall–Kier alpha value is -1.43. The van der Waals surface area contributed by atoms with E-state index in [0.717, 1.165) is 15.6 Å². The van der Waals surface area contributed by atoms with E-state index in [2.05, 4.69) is 10.3 Å². The molecular weight excluding hydrogens is 240 g/mol. The number of aromatic nitrogens is 1. The number of amides is 1. The monoisotopic (exact) mass is 256 g/mol. The molecule has 1 heterocycles. The maximum atomic E-state index is 11.5. The van der Waals surface area contributed by atoms with Gasteiger partial charge in [-0.15, -0.1) is 11.3 Å². The first-order chi connectivity index (χ1) is 7.90. The van der Waals surface area contributed by atoms with Gasteiger partial charge in [0.25, 0.3) is 0 Å². The van der Waals surface area contributed by atoms with Crippen molar-refractivity contribution in [3.05, 3.63) is 15.6 Å². The van der Waals surface area contributed by atoms with Crippen molar-refractivity contribution in [1.29, 1.82) is 0 Å². The van der Waals surface area contributed by atoms with Gasteiger partial charge in [0.2, 0.25) is 5.91 Å². The van der Waals surface area contributed by atoms with Crippen molar-refractivity contribution in [2.45, 2.75) is 39.7 Å². The molecule has 1 aromatic heterocycles. The number of carbonyl (C=O) groups excluding carboxylic acids is 1. The van der Waals surface area contributed by atoms with Gasteiger partial charge in [-0.25, -0.2) is 4.98 Å². The molecule has 94 valence electrons. The molecule has 0 fully saturated rings. The van der Waals surface area contributed by atoms with Crippen molar-refractivity contribution >= 4 is 23.2 Å². The van der Waals surface area contributed by atoms with Crippen LogP contribution in [0.2, 0.25) is 0 Å². The maximum Gasteiger partial charge on any atom is 0.303 e. The van der Waals surface area contributed by atoms with E-state index in [0.29, 0.717) is 0 Å². The van der Waals surface area contributed by atoms with E-state index >= 15 is 0 Å². The lowest BCUT2D eigenvalue weighted by Gasteiger charge is -2.12. The third-order valence-electron chi connectivity index (χ3n) is 2.29. The van der Waals surface area contributed by atoms with E-state index < -0.39 is 5.97 Å². The first kappa shape index (κ1) is 13.6. The van der Waals surface area contributed by atoms with Crippen molar-refractivity contribution in [2.75, 3.05) is 0 Å². The summed E-state index contributed by atoms with van der Waals surface area (Å²) in [6.45, 7) is 5.72. The Kier molecular flexibility index (Phi) is 4.62. The van der Waals surface area contributed by atoms with E-state index in [1.807, 2.05) is 20.8 Å². The molecule has 0 aliphatic rings. The summed E-state index contributed by atoms with van der Waals surface area (Å²) in [7, 11) is 0. The van der Waals surface area contributed by atoms with Crippen LogP contribution in [0.4, 0.5) is 0 Å². The van der Waals surface area contributed by atoms with E-state index in [9.17, 15) is 9.59 Å². The minimum absolute atomic E-state index is 0.00183. The van der Waals surface area contributed by atoms with E-state index in [-0.39, 0.29) is 24.8 Å². The number of carboxylic acids is 1. The number of carbonyl (C=O) groups is 2. The number of hydrogen-bond acceptors (Lipinski definition) is 4. The molecule has 0 saturated heterocycles. The molecule has 0 bridgehead atoms. The number of nitrogens with one attached hydrogen (secondary N) is 1. The van der Waals surface area contributed by atoms with E-state index in [4.69, 9.17) is 5.11 Å². The van der Waals surface area contributed by atoms with Crippen LogP contribution in [-0.2, 0) is 9.59 Å². The van der Waals surface area contributed by atoms with Gasteiger partial charge in [0.1, 0.15) is 0 Å². The standard InChI is InChI=1S/C11H16N2O3S/c1-6(11-7(2)17-8(3)13-11)12-9(14)4-5-10(15)16/h6H,4-5H2,1-3H3,(H,12,14)(H,15,16)/t6-/m0/s1. The summed E-state index contributed by atoms with van der Waals surface area (Å²) >= 11 is 1.59. The summed E-state index contributed by atoms with van der Waals surface area (Å²) in [6.07, 6.45) is -0.143. The molecule has 0 aliphatic carbocycles. The SMILES string of the molecule is Cc1nc([C@H](C)NC(=O)CCC(=O)O)c(C)s1. The van der Waals surface area contributed by atoms with Crippen LogP contribution < -0.4 is 5.32 Å². The van der Waals surface area contributed by atoms with Gasteiger partial charge >= 0.3 is 5.97 Å². The number of nitrogens with zero attached hydrogens (tertiary/aromatic N) is 1. The molecule has 0 unspecified atom stereocenters. The van der Waals surface area contributed by atoms with Crippen LogP contribution in [0.5, 0.6) is 0 Å². The van der Waals surface area contributed by atoms with E-state index in [1.165, 1.54) is 0 Å². The third-order valence-corrected chi connectivity index (χ3v) is 3.20. The fourth-order valence-electron chi connectivity index (χ4n) is 1.55. The highest BCUT2D eigenvalue weighted by Gasteiger charge is 2.15. The Labute approximate surface area is 104 Å². The molecule has 1 atom stereocenters. The zero-order valence-corrected chi connectivity index (χ0v) is 10.9. The lowest BCUT2D eigenvalue weighted by Crippen LogP contribution is -2.27. The van der Waals surface area contributed by atoms with Crippen molar-refractivity contribution < 1.29 is 14.7 Å². The number of aryl methyl sites for hydroxylation is 2. The highest BCUT2D eigenvalue weighted by molar-refractivity contribution is 7.11. The number of hydrogen-bond donors (Lipinski definition) is 2. The van der Waals surface area contributed by atoms with Gasteiger partial charge in [0.15, 0.2) is 0 Å². The number of carboxylic acid groups (broad SMARTS) is 1. The average Bonchev–Trinajstić information content (AvgIpc) is 2.55. The predicted octanol–water partition coefficient (Wildman–Crippen LogP) is 1.80. The molecule has 2 N–H and O–H groups in total. The Morgan fingerprint density at radius 2 is 2.06 bits per heavy atom. The molecule has 0 aliphatic heterocycles. The summed E-state index contributed by atoms with van der Waals surface area (Å²) in [5, 5.41) is 12.2. The van der Waals surface area contributed by atoms with Crippen LogP contribution in [0, 0.1) is 13.8 Å². The fourth-order valence-corrected chi connectivity index (χ4v) is 2.46. The minimum Gasteiger partial charge on any atom is -0.481 e. The topological polar surface area (TPSA) is 79.3 Å². The number of thiazole rings is 1. The molecule has 1 rings (SSSR count). The zero-order valence-electron chi connectivity index (χ0n) is 10.1. The Morgan fingerprint density at radius 1 is 1.41 bits per heavy atom. The summed E-state index contributed by atoms with van der Waals surface area (Å²) < 4.78 is 0. The second-order valence-electron chi connectivity index (χ2n) is 3.86. The first-order valence-electron chi connectivity index (χ1n) is 5.35. The highest BCUT2D eigenvalue weighted by Crippen LogP contribution is 2.22. The largest absolute Gasteiger partial charge is 0.481 e. The zero-order chi connectivity index (χ0) is 13.0. The molecule has 5 nitrogen and oxygen atoms in total. The molecule has 0 radical (unpaired) electrons. The van der Waals surface area contributed by atoms with Gasteiger partial charge in [-0.05, 0) is 20.8 Å². The third kappa shape index (κ3) is 4.14. The quantitative estimate of drug-likeness (QED) is 0.842. The van der Waals surface area contributed by atoms with Gasteiger partial charge in [0.05, 0.1) is 23.2 Å². The molecule has 1 amide bonds. The van der Waals surface area contributed by atoms with Crippen molar-refractivity contribution in [2.24, 2.45) is 0 Å². The highest BCUT2D eigenvalue weighted by atomic mass is 32.1. The first-order valence-corrected chi connectivity index (χ1v) is 6.17. The normalized spacial score (nSPS) is 12.2. The fraction of sp³-hybridized carbons (Fsp3) is 0.545. The van der Waals surface area contributed by atoms with Crippen LogP contribution >= 0.6 is 11.3 Å². The van der Waals surface area contributed by atoms with Crippen LogP contribution in [0.1, 0.15) is 41.4 Å². The summed E-state index contributed by atoms with van der Waals surface area (Å²) in [5.41, 5.74) is 0.858. The molecule has 17 heavy (non-hydrogen) atoms. The van der Waals surface area contributed by atoms with E-state index in [1.54, 1.807) is 11.3 Å². The second kappa shape index (κ2) is 5.77. The van der Waals surface area contributed by atoms with Gasteiger partial charge in [0, 0.05) is 11.3 Å². The van der Waals surface area contributed by atoms with Gasteiger partial charge < -0.3 is 10.4 Å². The van der Waals surface area contributed by atoms with Crippen LogP contribution in [0.3, 0.4) is 0 Å². The smallest absolute Gasteiger partial charge is 0.303 e. The Bertz CT molecular complexity index is 428. The van der Waals surface area contributed by atoms with Crippen molar-refractivity contribution in [1.82, 2.24) is 10.3 Å². The minimum atomic E-state index is -0.964. The van der Waals surface area contributed by atoms with Crippen molar-refractivity contribution in [3.63, 3.8) is 0 Å².